The van der Waals surface area contributed by atoms with Crippen molar-refractivity contribution < 1.29 is 0 Å². The molecule has 4 nitrogen and oxygen atoms in total. The lowest BCUT2D eigenvalue weighted by molar-refractivity contribution is 1.19. The molecule has 0 N–H and O–H groups in total. The van der Waals surface area contributed by atoms with E-state index < -0.39 is 16.1 Å². The fourth-order valence-electron chi connectivity index (χ4n) is 23.5. The zero-order valence-corrected chi connectivity index (χ0v) is 82.4. The van der Waals surface area contributed by atoms with Gasteiger partial charge >= 0.3 is 0 Å². The number of aromatic nitrogens is 2. The number of para-hydroxylation sites is 2. The first-order valence-corrected chi connectivity index (χ1v) is 54.4. The number of fused-ring (bicyclic) bond motifs is 12. The van der Waals surface area contributed by atoms with Crippen molar-refractivity contribution in [3.8, 4) is 55.9 Å². The molecule has 2 heterocycles. The van der Waals surface area contributed by atoms with Gasteiger partial charge in [0.2, 0.25) is 0 Å². The quantitative estimate of drug-likeness (QED) is 0.0430. The zero-order chi connectivity index (χ0) is 96.9. The molecule has 0 saturated carbocycles. The molecule has 0 fully saturated rings. The normalized spacial score (nSPS) is 11.7. The van der Waals surface area contributed by atoms with Crippen LogP contribution in [-0.4, -0.2) is 25.3 Å². The molecule has 686 valence electrons. The van der Waals surface area contributed by atoms with Crippen molar-refractivity contribution in [1.29, 1.82) is 0 Å². The fraction of sp³-hybridized carbons (Fsp3) is 0. The van der Waals surface area contributed by atoms with Gasteiger partial charge in [0.05, 0.1) is 27.8 Å². The zero-order valence-electron chi connectivity index (χ0n) is 80.4. The minimum absolute atomic E-state index is 1.08. The molecule has 0 bridgehead atoms. The fourth-order valence-corrected chi connectivity index (χ4v) is 33.1. The lowest BCUT2D eigenvalue weighted by Crippen LogP contribution is -2.74. The summed E-state index contributed by atoms with van der Waals surface area (Å²) in [7, 11) is -5.67. The molecule has 27 aromatic rings. The summed E-state index contributed by atoms with van der Waals surface area (Å²) in [6.45, 7) is 0. The Balaban J connectivity index is 0.000000149. The van der Waals surface area contributed by atoms with E-state index in [4.69, 9.17) is 0 Å². The smallest absolute Gasteiger partial charge is 0.179 e. The van der Waals surface area contributed by atoms with Gasteiger partial charge in [-0.25, -0.2) is 0 Å². The van der Waals surface area contributed by atoms with E-state index in [0.717, 1.165) is 39.8 Å². The van der Waals surface area contributed by atoms with Crippen LogP contribution in [0.15, 0.2) is 595 Å². The summed E-state index contributed by atoms with van der Waals surface area (Å²) in [6.07, 6.45) is 0. The minimum atomic E-state index is -2.84. The Morgan fingerprint density at radius 2 is 0.425 bits per heavy atom. The molecule has 0 radical (unpaired) electrons. The number of hydrogen-bond acceptors (Lipinski definition) is 2. The maximum atomic E-state index is 2.48. The molecule has 2 aromatic heterocycles. The number of hydrogen-bond donors (Lipinski definition) is 0. The molecular weight excluding hydrogens is 1790 g/mol. The molecule has 27 rings (SSSR count). The summed E-state index contributed by atoms with van der Waals surface area (Å²) >= 11 is 0. The van der Waals surface area contributed by atoms with Crippen molar-refractivity contribution in [3.05, 3.63) is 595 Å². The van der Waals surface area contributed by atoms with Crippen LogP contribution in [0.2, 0.25) is 0 Å². The second-order valence-corrected chi connectivity index (χ2v) is 45.6. The van der Waals surface area contributed by atoms with Crippen LogP contribution in [0.3, 0.4) is 0 Å². The Hall–Kier alpha value is -18.6. The van der Waals surface area contributed by atoms with Crippen molar-refractivity contribution in [1.82, 2.24) is 9.13 Å². The SMILES string of the molecule is c1ccc([Si](c2ccccc2)(c2ccccc2)c2cccc(N(c3ccc(-c4cccc5ccccc45)cc3)c3ccc(-c4cccc5c4c4ccccc4n5-c4cc5ccccc5c5ccccc45)cc3)c2)cc1.c1ccc([Si](c2ccccc2)(c2ccccc2)c2cccc(N(c3ccc(-c4cccc5ccccc45)cc3)c3ccc(-c4cccc5c4c4ccccc4n5-c4ccc5ccccc5c4)cc3)c2)cc1. The number of rotatable bonds is 20. The molecule has 0 amide bonds. The van der Waals surface area contributed by atoms with Crippen LogP contribution in [0.25, 0.3) is 153 Å². The summed E-state index contributed by atoms with van der Waals surface area (Å²) in [5.41, 5.74) is 23.2. The van der Waals surface area contributed by atoms with Crippen LogP contribution in [0, 0.1) is 0 Å². The highest BCUT2D eigenvalue weighted by Crippen LogP contribution is 2.47. The lowest BCUT2D eigenvalue weighted by atomic mass is 9.97. The summed E-state index contributed by atoms with van der Waals surface area (Å²) in [4.78, 5) is 4.88. The molecule has 0 saturated heterocycles. The molecule has 0 aliphatic carbocycles. The van der Waals surface area contributed by atoms with Crippen LogP contribution in [0.4, 0.5) is 34.1 Å². The maximum Gasteiger partial charge on any atom is 0.179 e. The average Bonchev–Trinajstić information content (AvgIpc) is 1.47. The Morgan fingerprint density at radius 3 is 0.836 bits per heavy atom. The van der Waals surface area contributed by atoms with Gasteiger partial charge in [0.1, 0.15) is 0 Å². The van der Waals surface area contributed by atoms with Crippen molar-refractivity contribution in [2.75, 3.05) is 9.80 Å². The topological polar surface area (TPSA) is 16.3 Å². The predicted octanol–water partition coefficient (Wildman–Crippen LogP) is 31.7. The third-order valence-electron chi connectivity index (χ3n) is 30.0. The van der Waals surface area contributed by atoms with Crippen LogP contribution in [0.5, 0.6) is 0 Å². The molecule has 146 heavy (non-hydrogen) atoms. The average molecular weight is 1890 g/mol. The molecular formula is C140H98N4Si2. The van der Waals surface area contributed by atoms with E-state index in [1.807, 2.05) is 0 Å². The van der Waals surface area contributed by atoms with Gasteiger partial charge in [0, 0.05) is 66.7 Å². The number of anilines is 6. The van der Waals surface area contributed by atoms with Crippen molar-refractivity contribution in [2.24, 2.45) is 0 Å². The first kappa shape index (κ1) is 87.7. The van der Waals surface area contributed by atoms with E-state index in [9.17, 15) is 0 Å². The maximum absolute atomic E-state index is 2.84. The second kappa shape index (κ2) is 37.8. The van der Waals surface area contributed by atoms with Crippen LogP contribution >= 0.6 is 0 Å². The van der Waals surface area contributed by atoms with Gasteiger partial charge in [-0.2, -0.15) is 0 Å². The van der Waals surface area contributed by atoms with Crippen LogP contribution < -0.4 is 51.3 Å². The van der Waals surface area contributed by atoms with Gasteiger partial charge in [-0.3, -0.25) is 0 Å². The highest BCUT2D eigenvalue weighted by molar-refractivity contribution is 7.20. The van der Waals surface area contributed by atoms with Crippen LogP contribution in [-0.2, 0) is 0 Å². The van der Waals surface area contributed by atoms with Gasteiger partial charge < -0.3 is 18.9 Å². The Labute approximate surface area is 852 Å². The molecule has 0 atom stereocenters. The molecule has 0 spiro atoms. The highest BCUT2D eigenvalue weighted by atomic mass is 28.3. The third-order valence-corrected chi connectivity index (χ3v) is 39.6. The molecule has 0 aliphatic rings. The first-order chi connectivity index (χ1) is 72.4. The summed E-state index contributed by atoms with van der Waals surface area (Å²) in [6, 6.07) is 220. The van der Waals surface area contributed by atoms with Gasteiger partial charge in [-0.15, -0.1) is 0 Å². The lowest BCUT2D eigenvalue weighted by Gasteiger charge is -2.35. The Morgan fingerprint density at radius 1 is 0.144 bits per heavy atom. The van der Waals surface area contributed by atoms with Crippen molar-refractivity contribution in [3.63, 3.8) is 0 Å². The van der Waals surface area contributed by atoms with Crippen LogP contribution in [0.1, 0.15) is 0 Å². The van der Waals surface area contributed by atoms with E-state index in [1.54, 1.807) is 0 Å². The third kappa shape index (κ3) is 15.4. The summed E-state index contributed by atoms with van der Waals surface area (Å²) < 4.78 is 4.91. The Kier molecular flexibility index (Phi) is 22.7. The highest BCUT2D eigenvalue weighted by Gasteiger charge is 2.44. The van der Waals surface area contributed by atoms with Crippen molar-refractivity contribution in [2.45, 2.75) is 0 Å². The largest absolute Gasteiger partial charge is 0.311 e. The first-order valence-electron chi connectivity index (χ1n) is 50.4. The van der Waals surface area contributed by atoms with E-state index in [-0.39, 0.29) is 0 Å². The van der Waals surface area contributed by atoms with Crippen molar-refractivity contribution >= 4 is 189 Å². The number of nitrogens with zero attached hydrogens (tertiary/aromatic N) is 4. The summed E-state index contributed by atoms with van der Waals surface area (Å²) in [5, 5.41) is 28.1. The monoisotopic (exact) mass is 1890 g/mol. The minimum Gasteiger partial charge on any atom is -0.311 e. The van der Waals surface area contributed by atoms with E-state index >= 15 is 0 Å². The standard InChI is InChI=1S/C72H50N2Si.C68H48N2Si/c1-4-25-58(26-5-1)75(59-27-6-2-7-28-59,60-29-8-3-9-30-60)61-31-19-24-57(50-61)73(55-45-41-52(42-46-55)63-37-18-23-51-21-10-12-32-62(51)63)56-47-43-53(44-48-56)65-38-20-40-70-72(65)68-36-16-17-39-69(68)74(70)71-49-54-22-11-13-33-64(54)66-34-14-15-35-67(66)71;1-4-24-58(25-5-1)71(59-26-6-2-7-27-59,60-28-8-3-9-29-60)61-30-17-23-56(48-61)69(54-42-38-51(39-43-54)63-33-16-22-50-20-12-13-31-62(50)63)55-44-40-52(41-45-55)64-34-18-36-67-68(64)65-32-14-15-35-66(65)70(67)57-46-37-49-19-10-11-21-53(49)47-57/h1-50H;1-48H. The second-order valence-electron chi connectivity index (χ2n) is 38.0. The van der Waals surface area contributed by atoms with E-state index in [1.165, 1.54) is 189 Å². The van der Waals surface area contributed by atoms with Gasteiger partial charge in [-0.1, -0.05) is 479 Å². The van der Waals surface area contributed by atoms with Gasteiger partial charge in [0.25, 0.3) is 0 Å². The Bertz CT molecular complexity index is 9320. The molecule has 6 heteroatoms. The van der Waals surface area contributed by atoms with Gasteiger partial charge in [-0.05, 0) is 250 Å². The molecule has 0 unspecified atom stereocenters. The molecule has 25 aromatic carbocycles. The molecule has 0 aliphatic heterocycles. The number of benzene rings is 25. The van der Waals surface area contributed by atoms with Gasteiger partial charge in [0.15, 0.2) is 16.1 Å². The van der Waals surface area contributed by atoms with E-state index in [0.29, 0.717) is 0 Å². The van der Waals surface area contributed by atoms with E-state index in [2.05, 4.69) is 613 Å². The summed E-state index contributed by atoms with van der Waals surface area (Å²) in [5.74, 6) is 0. The predicted molar refractivity (Wildman–Crippen MR) is 627 cm³/mol.